The van der Waals surface area contributed by atoms with Gasteiger partial charge in [-0.1, -0.05) is 6.92 Å². The highest BCUT2D eigenvalue weighted by atomic mass is 16.5. The lowest BCUT2D eigenvalue weighted by Crippen LogP contribution is -2.41. The largest absolute Gasteiger partial charge is 0.366 e. The molecule has 1 aromatic carbocycles. The van der Waals surface area contributed by atoms with Gasteiger partial charge in [0.05, 0.1) is 19.2 Å². The SMILES string of the molecule is CCC(=O)c1ccc(N2CCOC(C#N)C2)cc1. The number of benzene rings is 1. The zero-order chi connectivity index (χ0) is 13.0. The average Bonchev–Trinajstić information content (AvgIpc) is 2.46. The maximum atomic E-state index is 11.5. The van der Waals surface area contributed by atoms with Crippen molar-refractivity contribution in [1.82, 2.24) is 0 Å². The molecule has 1 fully saturated rings. The smallest absolute Gasteiger partial charge is 0.162 e. The molecule has 4 heteroatoms. The van der Waals surface area contributed by atoms with Gasteiger partial charge in [-0.3, -0.25) is 4.79 Å². The Morgan fingerprint density at radius 2 is 2.22 bits per heavy atom. The standard InChI is InChI=1S/C14H16N2O2/c1-2-14(17)11-3-5-12(6-4-11)16-7-8-18-13(9-15)10-16/h3-6,13H,2,7-8,10H2,1H3. The van der Waals surface area contributed by atoms with Crippen molar-refractivity contribution in [2.75, 3.05) is 24.6 Å². The van der Waals surface area contributed by atoms with Gasteiger partial charge in [0.15, 0.2) is 11.9 Å². The second-order valence-electron chi connectivity index (χ2n) is 4.26. The van der Waals surface area contributed by atoms with Crippen molar-refractivity contribution in [3.05, 3.63) is 29.8 Å². The Labute approximate surface area is 107 Å². The lowest BCUT2D eigenvalue weighted by Gasteiger charge is -2.31. The van der Waals surface area contributed by atoms with Gasteiger partial charge in [0, 0.05) is 24.2 Å². The molecule has 1 heterocycles. The van der Waals surface area contributed by atoms with Crippen LogP contribution in [0.2, 0.25) is 0 Å². The maximum Gasteiger partial charge on any atom is 0.162 e. The Kier molecular flexibility index (Phi) is 3.96. The van der Waals surface area contributed by atoms with E-state index in [1.165, 1.54) is 0 Å². The van der Waals surface area contributed by atoms with Crippen LogP contribution in [0.15, 0.2) is 24.3 Å². The van der Waals surface area contributed by atoms with E-state index >= 15 is 0 Å². The topological polar surface area (TPSA) is 53.3 Å². The highest BCUT2D eigenvalue weighted by molar-refractivity contribution is 5.96. The van der Waals surface area contributed by atoms with Gasteiger partial charge in [-0.25, -0.2) is 0 Å². The fraction of sp³-hybridized carbons (Fsp3) is 0.429. The predicted octanol–water partition coefficient (Wildman–Crippen LogP) is 2.01. The van der Waals surface area contributed by atoms with Crippen LogP contribution in [0.4, 0.5) is 5.69 Å². The second-order valence-corrected chi connectivity index (χ2v) is 4.26. The van der Waals surface area contributed by atoms with E-state index in [1.54, 1.807) is 0 Å². The summed E-state index contributed by atoms with van der Waals surface area (Å²) < 4.78 is 5.30. The van der Waals surface area contributed by atoms with Crippen LogP contribution < -0.4 is 4.90 Å². The molecule has 2 rings (SSSR count). The molecule has 1 aliphatic heterocycles. The Balaban J connectivity index is 2.10. The molecule has 0 N–H and O–H groups in total. The minimum atomic E-state index is -0.365. The number of rotatable bonds is 3. The van der Waals surface area contributed by atoms with Crippen LogP contribution in [0.25, 0.3) is 0 Å². The fourth-order valence-corrected chi connectivity index (χ4v) is 2.02. The predicted molar refractivity (Wildman–Crippen MR) is 68.6 cm³/mol. The fourth-order valence-electron chi connectivity index (χ4n) is 2.02. The normalized spacial score (nSPS) is 19.3. The van der Waals surface area contributed by atoms with Gasteiger partial charge in [0.1, 0.15) is 0 Å². The summed E-state index contributed by atoms with van der Waals surface area (Å²) in [5, 5.41) is 8.86. The zero-order valence-corrected chi connectivity index (χ0v) is 10.4. The molecule has 1 aliphatic rings. The summed E-state index contributed by atoms with van der Waals surface area (Å²) in [4.78, 5) is 13.6. The molecule has 18 heavy (non-hydrogen) atoms. The molecule has 0 bridgehead atoms. The summed E-state index contributed by atoms with van der Waals surface area (Å²) in [5.74, 6) is 0.151. The van der Waals surface area contributed by atoms with Gasteiger partial charge in [-0.05, 0) is 24.3 Å². The Bertz CT molecular complexity index is 462. The van der Waals surface area contributed by atoms with Crippen LogP contribution in [0.5, 0.6) is 0 Å². The van der Waals surface area contributed by atoms with Crippen LogP contribution in [-0.4, -0.2) is 31.6 Å². The number of ketones is 1. The minimum absolute atomic E-state index is 0.151. The van der Waals surface area contributed by atoms with Crippen LogP contribution in [0, 0.1) is 11.3 Å². The van der Waals surface area contributed by atoms with Crippen molar-refractivity contribution >= 4 is 11.5 Å². The first-order chi connectivity index (χ1) is 8.74. The van der Waals surface area contributed by atoms with E-state index in [1.807, 2.05) is 31.2 Å². The van der Waals surface area contributed by atoms with Gasteiger partial charge >= 0.3 is 0 Å². The highest BCUT2D eigenvalue weighted by Crippen LogP contribution is 2.19. The summed E-state index contributed by atoms with van der Waals surface area (Å²) in [6.45, 7) is 3.78. The third-order valence-corrected chi connectivity index (χ3v) is 3.09. The molecule has 1 unspecified atom stereocenters. The van der Waals surface area contributed by atoms with E-state index < -0.39 is 0 Å². The first-order valence-corrected chi connectivity index (χ1v) is 6.14. The lowest BCUT2D eigenvalue weighted by atomic mass is 10.1. The number of carbonyl (C=O) groups excluding carboxylic acids is 1. The number of hydrogen-bond donors (Lipinski definition) is 0. The van der Waals surface area contributed by atoms with Crippen molar-refractivity contribution in [1.29, 1.82) is 5.26 Å². The van der Waals surface area contributed by atoms with Crippen LogP contribution in [0.3, 0.4) is 0 Å². The van der Waals surface area contributed by atoms with Crippen molar-refractivity contribution < 1.29 is 9.53 Å². The number of Topliss-reactive ketones (excluding diaryl/α,β-unsaturated/α-hetero) is 1. The minimum Gasteiger partial charge on any atom is -0.366 e. The van der Waals surface area contributed by atoms with Crippen LogP contribution in [0.1, 0.15) is 23.7 Å². The molecular formula is C14H16N2O2. The molecular weight excluding hydrogens is 228 g/mol. The second kappa shape index (κ2) is 5.65. The van der Waals surface area contributed by atoms with Crippen LogP contribution in [-0.2, 0) is 4.74 Å². The molecule has 1 atom stereocenters. The number of hydrogen-bond acceptors (Lipinski definition) is 4. The summed E-state index contributed by atoms with van der Waals surface area (Å²) in [7, 11) is 0. The quantitative estimate of drug-likeness (QED) is 0.763. The molecule has 1 aromatic rings. The molecule has 0 amide bonds. The first-order valence-electron chi connectivity index (χ1n) is 6.14. The molecule has 0 saturated carbocycles. The molecule has 0 spiro atoms. The highest BCUT2D eigenvalue weighted by Gasteiger charge is 2.20. The van der Waals surface area contributed by atoms with Crippen molar-refractivity contribution in [2.24, 2.45) is 0 Å². The van der Waals surface area contributed by atoms with E-state index in [-0.39, 0.29) is 11.9 Å². The van der Waals surface area contributed by atoms with Gasteiger partial charge in [0.2, 0.25) is 0 Å². The zero-order valence-electron chi connectivity index (χ0n) is 10.4. The Morgan fingerprint density at radius 1 is 1.50 bits per heavy atom. The van der Waals surface area contributed by atoms with E-state index in [0.29, 0.717) is 19.6 Å². The number of anilines is 1. The molecule has 94 valence electrons. The van der Waals surface area contributed by atoms with E-state index in [4.69, 9.17) is 10.00 Å². The van der Waals surface area contributed by atoms with E-state index in [2.05, 4.69) is 11.0 Å². The van der Waals surface area contributed by atoms with Gasteiger partial charge in [-0.15, -0.1) is 0 Å². The summed E-state index contributed by atoms with van der Waals surface area (Å²) in [5.41, 5.74) is 1.78. The number of morpholine rings is 1. The molecule has 0 aliphatic carbocycles. The van der Waals surface area contributed by atoms with Crippen LogP contribution >= 0.6 is 0 Å². The summed E-state index contributed by atoms with van der Waals surface area (Å²) in [6.07, 6.45) is 0.156. The number of nitriles is 1. The summed E-state index contributed by atoms with van der Waals surface area (Å²) >= 11 is 0. The maximum absolute atomic E-state index is 11.5. The third-order valence-electron chi connectivity index (χ3n) is 3.09. The monoisotopic (exact) mass is 244 g/mol. The summed E-state index contributed by atoms with van der Waals surface area (Å²) in [6, 6.07) is 9.68. The molecule has 0 aromatic heterocycles. The van der Waals surface area contributed by atoms with Gasteiger partial charge in [0.25, 0.3) is 0 Å². The number of carbonyl (C=O) groups is 1. The van der Waals surface area contributed by atoms with E-state index in [0.717, 1.165) is 17.8 Å². The van der Waals surface area contributed by atoms with Crippen molar-refractivity contribution in [3.8, 4) is 6.07 Å². The molecule has 4 nitrogen and oxygen atoms in total. The lowest BCUT2D eigenvalue weighted by molar-refractivity contribution is 0.0764. The molecule has 0 radical (unpaired) electrons. The first kappa shape index (κ1) is 12.6. The van der Waals surface area contributed by atoms with E-state index in [9.17, 15) is 4.79 Å². The third kappa shape index (κ3) is 2.69. The van der Waals surface area contributed by atoms with Crippen molar-refractivity contribution in [3.63, 3.8) is 0 Å². The average molecular weight is 244 g/mol. The van der Waals surface area contributed by atoms with Crippen molar-refractivity contribution in [2.45, 2.75) is 19.4 Å². The van der Waals surface area contributed by atoms with Gasteiger partial charge < -0.3 is 9.64 Å². The Hall–Kier alpha value is -1.86. The van der Waals surface area contributed by atoms with Gasteiger partial charge in [-0.2, -0.15) is 5.26 Å². The molecule has 1 saturated heterocycles. The number of nitrogens with zero attached hydrogens (tertiary/aromatic N) is 2. The Morgan fingerprint density at radius 3 is 2.83 bits per heavy atom. The number of ether oxygens (including phenoxy) is 1.